The SMILES string of the molecule is O=C(Nc1ccccc1-n1ncc2c(=O)[nH]cnc21)c1cccc(Cl)c1Cl. The maximum Gasteiger partial charge on any atom is 0.261 e. The van der Waals surface area contributed by atoms with Crippen LogP contribution in [0.3, 0.4) is 0 Å². The van der Waals surface area contributed by atoms with Crippen molar-refractivity contribution >= 4 is 45.8 Å². The average Bonchev–Trinajstić information content (AvgIpc) is 3.10. The molecule has 0 radical (unpaired) electrons. The van der Waals surface area contributed by atoms with Gasteiger partial charge < -0.3 is 10.3 Å². The van der Waals surface area contributed by atoms with Gasteiger partial charge in [0, 0.05) is 0 Å². The first kappa shape index (κ1) is 17.3. The van der Waals surface area contributed by atoms with Gasteiger partial charge in [-0.3, -0.25) is 9.59 Å². The van der Waals surface area contributed by atoms with Crippen LogP contribution in [0, 0.1) is 0 Å². The number of anilines is 1. The van der Waals surface area contributed by atoms with E-state index in [1.54, 1.807) is 42.5 Å². The summed E-state index contributed by atoms with van der Waals surface area (Å²) in [5.41, 5.74) is 1.36. The second-order valence-electron chi connectivity index (χ2n) is 5.60. The van der Waals surface area contributed by atoms with Gasteiger partial charge in [-0.2, -0.15) is 5.10 Å². The Balaban J connectivity index is 1.78. The quantitative estimate of drug-likeness (QED) is 0.549. The summed E-state index contributed by atoms with van der Waals surface area (Å²) >= 11 is 12.1. The molecule has 2 aromatic carbocycles. The summed E-state index contributed by atoms with van der Waals surface area (Å²) in [5.74, 6) is -0.419. The van der Waals surface area contributed by atoms with Crippen molar-refractivity contribution in [3.63, 3.8) is 0 Å². The fourth-order valence-corrected chi connectivity index (χ4v) is 3.05. The van der Waals surface area contributed by atoms with E-state index in [0.717, 1.165) is 0 Å². The van der Waals surface area contributed by atoms with E-state index in [-0.39, 0.29) is 16.1 Å². The van der Waals surface area contributed by atoms with Crippen molar-refractivity contribution in [1.29, 1.82) is 0 Å². The molecule has 4 aromatic rings. The summed E-state index contributed by atoms with van der Waals surface area (Å²) in [6, 6.07) is 11.9. The van der Waals surface area contributed by atoms with Crippen LogP contribution in [-0.4, -0.2) is 25.7 Å². The lowest BCUT2D eigenvalue weighted by atomic mass is 10.2. The number of fused-ring (bicyclic) bond motifs is 1. The minimum atomic E-state index is -0.419. The van der Waals surface area contributed by atoms with Gasteiger partial charge in [-0.1, -0.05) is 41.4 Å². The molecule has 2 aromatic heterocycles. The van der Waals surface area contributed by atoms with Gasteiger partial charge in [0.15, 0.2) is 5.65 Å². The number of rotatable bonds is 3. The van der Waals surface area contributed by atoms with Crippen molar-refractivity contribution in [2.24, 2.45) is 0 Å². The van der Waals surface area contributed by atoms with E-state index >= 15 is 0 Å². The number of benzene rings is 2. The molecule has 0 atom stereocenters. The summed E-state index contributed by atoms with van der Waals surface area (Å²) in [7, 11) is 0. The molecule has 0 fully saturated rings. The van der Waals surface area contributed by atoms with E-state index in [4.69, 9.17) is 23.2 Å². The van der Waals surface area contributed by atoms with E-state index in [2.05, 4.69) is 20.4 Å². The van der Waals surface area contributed by atoms with Crippen molar-refractivity contribution in [3.8, 4) is 5.69 Å². The highest BCUT2D eigenvalue weighted by atomic mass is 35.5. The number of para-hydroxylation sites is 2. The van der Waals surface area contributed by atoms with Crippen molar-refractivity contribution in [2.75, 3.05) is 5.32 Å². The van der Waals surface area contributed by atoms with Crippen LogP contribution in [0.2, 0.25) is 10.0 Å². The Bertz CT molecular complexity index is 1230. The van der Waals surface area contributed by atoms with Crippen molar-refractivity contribution in [3.05, 3.63) is 81.0 Å². The molecular formula is C18H11Cl2N5O2. The lowest BCUT2D eigenvalue weighted by Crippen LogP contribution is -2.15. The lowest BCUT2D eigenvalue weighted by Gasteiger charge is -2.12. The van der Waals surface area contributed by atoms with E-state index in [1.807, 2.05) is 0 Å². The Labute approximate surface area is 162 Å². The number of amides is 1. The number of halogens is 2. The predicted molar refractivity (Wildman–Crippen MR) is 104 cm³/mol. The summed E-state index contributed by atoms with van der Waals surface area (Å²) in [4.78, 5) is 31.2. The van der Waals surface area contributed by atoms with Crippen LogP contribution < -0.4 is 10.9 Å². The summed E-state index contributed by atoms with van der Waals surface area (Å²) in [6.45, 7) is 0. The maximum atomic E-state index is 12.7. The molecule has 0 bridgehead atoms. The zero-order valence-electron chi connectivity index (χ0n) is 13.6. The van der Waals surface area contributed by atoms with Crippen molar-refractivity contribution < 1.29 is 4.79 Å². The fraction of sp³-hybridized carbons (Fsp3) is 0. The molecule has 2 N–H and O–H groups in total. The van der Waals surface area contributed by atoms with Crippen LogP contribution in [0.5, 0.6) is 0 Å². The molecule has 0 aliphatic heterocycles. The third kappa shape index (κ3) is 3.07. The van der Waals surface area contributed by atoms with Crippen molar-refractivity contribution in [2.45, 2.75) is 0 Å². The number of carbonyl (C=O) groups excluding carboxylic acids is 1. The van der Waals surface area contributed by atoms with Crippen LogP contribution in [-0.2, 0) is 0 Å². The van der Waals surface area contributed by atoms with Crippen LogP contribution >= 0.6 is 23.2 Å². The molecule has 0 spiro atoms. The smallest absolute Gasteiger partial charge is 0.261 e. The van der Waals surface area contributed by atoms with Gasteiger partial charge in [-0.25, -0.2) is 9.67 Å². The first-order valence-electron chi connectivity index (χ1n) is 7.82. The van der Waals surface area contributed by atoms with E-state index in [9.17, 15) is 9.59 Å². The molecule has 0 aliphatic carbocycles. The third-order valence-electron chi connectivity index (χ3n) is 3.95. The second-order valence-corrected chi connectivity index (χ2v) is 6.38. The summed E-state index contributed by atoms with van der Waals surface area (Å²) in [6.07, 6.45) is 2.73. The zero-order valence-corrected chi connectivity index (χ0v) is 15.1. The Morgan fingerprint density at radius 1 is 1.11 bits per heavy atom. The standard InChI is InChI=1S/C18H11Cl2N5O2/c19-12-5-3-4-10(15(12)20)18(27)24-13-6-1-2-7-14(13)25-16-11(8-23-25)17(26)22-9-21-16/h1-9H,(H,24,27)(H,21,22,26). The fourth-order valence-electron chi connectivity index (χ4n) is 2.67. The molecule has 1 amide bonds. The topological polar surface area (TPSA) is 92.7 Å². The largest absolute Gasteiger partial charge is 0.320 e. The van der Waals surface area contributed by atoms with Crippen molar-refractivity contribution in [1.82, 2.24) is 19.7 Å². The van der Waals surface area contributed by atoms with E-state index in [1.165, 1.54) is 17.2 Å². The average molecular weight is 400 g/mol. The zero-order chi connectivity index (χ0) is 19.0. The summed E-state index contributed by atoms with van der Waals surface area (Å²) in [5, 5.41) is 7.85. The first-order valence-corrected chi connectivity index (χ1v) is 8.58. The van der Waals surface area contributed by atoms with Gasteiger partial charge in [0.2, 0.25) is 0 Å². The Hall–Kier alpha value is -3.16. The van der Waals surface area contributed by atoms with Gasteiger partial charge in [0.1, 0.15) is 5.39 Å². The van der Waals surface area contributed by atoms with E-state index in [0.29, 0.717) is 27.4 Å². The molecule has 0 saturated heterocycles. The molecule has 0 aliphatic rings. The van der Waals surface area contributed by atoms with Gasteiger partial charge in [-0.15, -0.1) is 0 Å². The Morgan fingerprint density at radius 3 is 2.78 bits per heavy atom. The van der Waals surface area contributed by atoms with Gasteiger partial charge in [0.25, 0.3) is 11.5 Å². The monoisotopic (exact) mass is 399 g/mol. The minimum Gasteiger partial charge on any atom is -0.320 e. The van der Waals surface area contributed by atoms with Crippen LogP contribution in [0.15, 0.2) is 59.8 Å². The maximum absolute atomic E-state index is 12.7. The van der Waals surface area contributed by atoms with Crippen LogP contribution in [0.1, 0.15) is 10.4 Å². The number of nitrogens with zero attached hydrogens (tertiary/aromatic N) is 3. The Morgan fingerprint density at radius 2 is 1.93 bits per heavy atom. The predicted octanol–water partition coefficient (Wildman–Crippen LogP) is 3.67. The molecule has 0 saturated carbocycles. The molecule has 9 heteroatoms. The number of hydrogen-bond acceptors (Lipinski definition) is 4. The van der Waals surface area contributed by atoms with Crippen LogP contribution in [0.25, 0.3) is 16.7 Å². The molecular weight excluding hydrogens is 389 g/mol. The minimum absolute atomic E-state index is 0.173. The third-order valence-corrected chi connectivity index (χ3v) is 4.77. The molecule has 0 unspecified atom stereocenters. The van der Waals surface area contributed by atoms with Gasteiger partial charge in [0.05, 0.1) is 39.5 Å². The van der Waals surface area contributed by atoms with E-state index < -0.39 is 5.91 Å². The Kier molecular flexibility index (Phi) is 4.39. The number of aromatic amines is 1. The van der Waals surface area contributed by atoms with Gasteiger partial charge in [-0.05, 0) is 24.3 Å². The second kappa shape index (κ2) is 6.86. The highest BCUT2D eigenvalue weighted by molar-refractivity contribution is 6.44. The first-order chi connectivity index (χ1) is 13.1. The van der Waals surface area contributed by atoms with Crippen LogP contribution in [0.4, 0.5) is 5.69 Å². The number of carbonyl (C=O) groups is 1. The molecule has 27 heavy (non-hydrogen) atoms. The highest BCUT2D eigenvalue weighted by Gasteiger charge is 2.16. The number of aromatic nitrogens is 4. The highest BCUT2D eigenvalue weighted by Crippen LogP contribution is 2.28. The number of H-pyrrole nitrogens is 1. The molecule has 2 heterocycles. The summed E-state index contributed by atoms with van der Waals surface area (Å²) < 4.78 is 1.49. The normalized spacial score (nSPS) is 10.9. The molecule has 4 rings (SSSR count). The lowest BCUT2D eigenvalue weighted by molar-refractivity contribution is 0.102. The molecule has 7 nitrogen and oxygen atoms in total. The number of hydrogen-bond donors (Lipinski definition) is 2. The number of nitrogens with one attached hydrogen (secondary N) is 2. The molecule has 134 valence electrons. The van der Waals surface area contributed by atoms with Gasteiger partial charge >= 0.3 is 0 Å².